The Morgan fingerprint density at radius 2 is 1.35 bits per heavy atom. The summed E-state index contributed by atoms with van der Waals surface area (Å²) in [5.41, 5.74) is 2.43. The van der Waals surface area contributed by atoms with Crippen LogP contribution in [0.25, 0.3) is 0 Å². The molecule has 0 fully saturated rings. The SMILES string of the molecule is CC(CCOCc1ccccc1)OCc1ccccc1. The molecule has 0 aliphatic carbocycles. The van der Waals surface area contributed by atoms with Gasteiger partial charge < -0.3 is 9.47 Å². The molecular formula is C18H22O2. The van der Waals surface area contributed by atoms with Gasteiger partial charge in [0, 0.05) is 6.61 Å². The minimum atomic E-state index is 0.214. The Balaban J connectivity index is 1.57. The fourth-order valence-corrected chi connectivity index (χ4v) is 1.91. The van der Waals surface area contributed by atoms with Crippen molar-refractivity contribution in [1.82, 2.24) is 0 Å². The van der Waals surface area contributed by atoms with Gasteiger partial charge in [-0.2, -0.15) is 0 Å². The molecular weight excluding hydrogens is 248 g/mol. The Labute approximate surface area is 121 Å². The number of hydrogen-bond donors (Lipinski definition) is 0. The van der Waals surface area contributed by atoms with Crippen LogP contribution in [0.2, 0.25) is 0 Å². The number of ether oxygens (including phenoxy) is 2. The van der Waals surface area contributed by atoms with Gasteiger partial charge in [-0.3, -0.25) is 0 Å². The lowest BCUT2D eigenvalue weighted by atomic mass is 10.2. The summed E-state index contributed by atoms with van der Waals surface area (Å²) in [5.74, 6) is 0. The minimum absolute atomic E-state index is 0.214. The number of hydrogen-bond acceptors (Lipinski definition) is 2. The van der Waals surface area contributed by atoms with E-state index < -0.39 is 0 Å². The second-order valence-corrected chi connectivity index (χ2v) is 4.93. The molecule has 0 amide bonds. The first-order chi connectivity index (χ1) is 9.84. The Morgan fingerprint density at radius 3 is 1.95 bits per heavy atom. The van der Waals surface area contributed by atoms with Crippen molar-refractivity contribution in [2.45, 2.75) is 32.7 Å². The van der Waals surface area contributed by atoms with Crippen molar-refractivity contribution in [2.24, 2.45) is 0 Å². The maximum absolute atomic E-state index is 5.80. The maximum atomic E-state index is 5.80. The Hall–Kier alpha value is -1.64. The lowest BCUT2D eigenvalue weighted by Gasteiger charge is -2.13. The fourth-order valence-electron chi connectivity index (χ4n) is 1.91. The van der Waals surface area contributed by atoms with Crippen molar-refractivity contribution in [3.63, 3.8) is 0 Å². The number of benzene rings is 2. The Bertz CT molecular complexity index is 467. The van der Waals surface area contributed by atoms with Gasteiger partial charge in [0.25, 0.3) is 0 Å². The van der Waals surface area contributed by atoms with Crippen molar-refractivity contribution in [3.8, 4) is 0 Å². The molecule has 0 heterocycles. The summed E-state index contributed by atoms with van der Waals surface area (Å²) < 4.78 is 11.5. The lowest BCUT2D eigenvalue weighted by molar-refractivity contribution is 0.0189. The van der Waals surface area contributed by atoms with Crippen LogP contribution in [-0.4, -0.2) is 12.7 Å². The molecule has 1 unspecified atom stereocenters. The molecule has 0 aliphatic rings. The zero-order valence-corrected chi connectivity index (χ0v) is 12.0. The average Bonchev–Trinajstić information content (AvgIpc) is 2.52. The first-order valence-electron chi connectivity index (χ1n) is 7.12. The van der Waals surface area contributed by atoms with Crippen LogP contribution in [0.4, 0.5) is 0 Å². The smallest absolute Gasteiger partial charge is 0.0720 e. The van der Waals surface area contributed by atoms with Gasteiger partial charge in [-0.05, 0) is 24.5 Å². The van der Waals surface area contributed by atoms with E-state index in [1.54, 1.807) is 0 Å². The highest BCUT2D eigenvalue weighted by molar-refractivity contribution is 5.14. The van der Waals surface area contributed by atoms with Crippen molar-refractivity contribution in [3.05, 3.63) is 71.8 Å². The molecule has 0 saturated heterocycles. The molecule has 2 heteroatoms. The fraction of sp³-hybridized carbons (Fsp3) is 0.333. The third kappa shape index (κ3) is 5.55. The lowest BCUT2D eigenvalue weighted by Crippen LogP contribution is -2.11. The van der Waals surface area contributed by atoms with E-state index in [2.05, 4.69) is 31.2 Å². The van der Waals surface area contributed by atoms with Gasteiger partial charge in [-0.15, -0.1) is 0 Å². The van der Waals surface area contributed by atoms with Crippen LogP contribution in [0.3, 0.4) is 0 Å². The zero-order chi connectivity index (χ0) is 14.0. The minimum Gasteiger partial charge on any atom is -0.377 e. The monoisotopic (exact) mass is 270 g/mol. The molecule has 0 N–H and O–H groups in total. The van der Waals surface area contributed by atoms with E-state index in [0.29, 0.717) is 13.2 Å². The van der Waals surface area contributed by atoms with Crippen molar-refractivity contribution in [1.29, 1.82) is 0 Å². The highest BCUT2D eigenvalue weighted by Crippen LogP contribution is 2.07. The summed E-state index contributed by atoms with van der Waals surface area (Å²) in [7, 11) is 0. The first-order valence-corrected chi connectivity index (χ1v) is 7.12. The van der Waals surface area contributed by atoms with Crippen LogP contribution in [0.1, 0.15) is 24.5 Å². The standard InChI is InChI=1S/C18H22O2/c1-16(20-15-18-10-6-3-7-11-18)12-13-19-14-17-8-4-2-5-9-17/h2-11,16H,12-15H2,1H3. The molecule has 0 aromatic heterocycles. The van der Waals surface area contributed by atoms with E-state index in [1.165, 1.54) is 11.1 Å². The molecule has 0 bridgehead atoms. The largest absolute Gasteiger partial charge is 0.377 e. The van der Waals surface area contributed by atoms with Crippen LogP contribution >= 0.6 is 0 Å². The van der Waals surface area contributed by atoms with E-state index in [-0.39, 0.29) is 6.10 Å². The van der Waals surface area contributed by atoms with E-state index in [1.807, 2.05) is 36.4 Å². The third-order valence-electron chi connectivity index (χ3n) is 3.16. The van der Waals surface area contributed by atoms with Crippen molar-refractivity contribution < 1.29 is 9.47 Å². The Kier molecular flexibility index (Phi) is 6.28. The zero-order valence-electron chi connectivity index (χ0n) is 12.0. The van der Waals surface area contributed by atoms with Gasteiger partial charge in [0.15, 0.2) is 0 Å². The van der Waals surface area contributed by atoms with Gasteiger partial charge in [0.1, 0.15) is 0 Å². The number of rotatable bonds is 8. The van der Waals surface area contributed by atoms with Crippen LogP contribution in [0.15, 0.2) is 60.7 Å². The van der Waals surface area contributed by atoms with Crippen LogP contribution in [0, 0.1) is 0 Å². The predicted octanol–water partition coefficient (Wildman–Crippen LogP) is 4.20. The van der Waals surface area contributed by atoms with E-state index in [0.717, 1.165) is 13.0 Å². The molecule has 2 rings (SSSR count). The molecule has 1 atom stereocenters. The third-order valence-corrected chi connectivity index (χ3v) is 3.16. The quantitative estimate of drug-likeness (QED) is 0.669. The van der Waals surface area contributed by atoms with E-state index in [4.69, 9.17) is 9.47 Å². The summed E-state index contributed by atoms with van der Waals surface area (Å²) in [4.78, 5) is 0. The van der Waals surface area contributed by atoms with Crippen LogP contribution in [-0.2, 0) is 22.7 Å². The van der Waals surface area contributed by atoms with Gasteiger partial charge in [0.05, 0.1) is 19.3 Å². The van der Waals surface area contributed by atoms with Crippen LogP contribution in [0.5, 0.6) is 0 Å². The molecule has 0 saturated carbocycles. The molecule has 0 aliphatic heterocycles. The maximum Gasteiger partial charge on any atom is 0.0720 e. The molecule has 20 heavy (non-hydrogen) atoms. The van der Waals surface area contributed by atoms with E-state index >= 15 is 0 Å². The van der Waals surface area contributed by atoms with E-state index in [9.17, 15) is 0 Å². The van der Waals surface area contributed by atoms with Gasteiger partial charge in [-0.25, -0.2) is 0 Å². The summed E-state index contributed by atoms with van der Waals surface area (Å²) in [6, 6.07) is 20.5. The van der Waals surface area contributed by atoms with Gasteiger partial charge in [0.2, 0.25) is 0 Å². The summed E-state index contributed by atoms with van der Waals surface area (Å²) in [6.45, 7) is 4.16. The second kappa shape index (κ2) is 8.51. The highest BCUT2D eigenvalue weighted by Gasteiger charge is 2.03. The Morgan fingerprint density at radius 1 is 0.800 bits per heavy atom. The first kappa shape index (κ1) is 14.8. The molecule has 2 aromatic rings. The van der Waals surface area contributed by atoms with Gasteiger partial charge >= 0.3 is 0 Å². The topological polar surface area (TPSA) is 18.5 Å². The van der Waals surface area contributed by atoms with Gasteiger partial charge in [-0.1, -0.05) is 60.7 Å². The predicted molar refractivity (Wildman–Crippen MR) is 81.4 cm³/mol. The molecule has 2 aromatic carbocycles. The summed E-state index contributed by atoms with van der Waals surface area (Å²) >= 11 is 0. The molecule has 0 spiro atoms. The summed E-state index contributed by atoms with van der Waals surface area (Å²) in [6.07, 6.45) is 1.13. The average molecular weight is 270 g/mol. The van der Waals surface area contributed by atoms with Crippen LogP contribution < -0.4 is 0 Å². The van der Waals surface area contributed by atoms with Crippen molar-refractivity contribution in [2.75, 3.05) is 6.61 Å². The van der Waals surface area contributed by atoms with Crippen molar-refractivity contribution >= 4 is 0 Å². The second-order valence-electron chi connectivity index (χ2n) is 4.93. The highest BCUT2D eigenvalue weighted by atomic mass is 16.5. The summed E-state index contributed by atoms with van der Waals surface area (Å²) in [5, 5.41) is 0. The normalized spacial score (nSPS) is 12.2. The molecule has 106 valence electrons. The molecule has 2 nitrogen and oxygen atoms in total. The molecule has 0 radical (unpaired) electrons.